The van der Waals surface area contributed by atoms with Crippen LogP contribution in [0.25, 0.3) is 66.9 Å². The molecule has 2 aliphatic carbocycles. The Balaban J connectivity index is 1.03. The quantitative estimate of drug-likeness (QED) is 0.113. The van der Waals surface area contributed by atoms with E-state index in [2.05, 4.69) is 220 Å². The van der Waals surface area contributed by atoms with Gasteiger partial charge in [0.15, 0.2) is 13.9 Å². The van der Waals surface area contributed by atoms with E-state index in [0.717, 1.165) is 39.5 Å². The van der Waals surface area contributed by atoms with Gasteiger partial charge in [0.1, 0.15) is 0 Å². The first-order valence-electron chi connectivity index (χ1n) is 24.0. The molecule has 0 unspecified atom stereocenters. The van der Waals surface area contributed by atoms with Gasteiger partial charge >= 0.3 is 0 Å². The van der Waals surface area contributed by atoms with Crippen molar-refractivity contribution in [2.24, 2.45) is 11.8 Å². The van der Waals surface area contributed by atoms with E-state index in [1.165, 1.54) is 80.1 Å². The Bertz CT molecular complexity index is 3500. The second kappa shape index (κ2) is 15.2. The first kappa shape index (κ1) is 38.6. The van der Waals surface area contributed by atoms with E-state index in [1.54, 1.807) is 0 Å². The van der Waals surface area contributed by atoms with Crippen LogP contribution in [0, 0.1) is 11.8 Å². The number of piperidine rings is 2. The average molecular weight is 881 g/mol. The Labute approximate surface area is 390 Å². The van der Waals surface area contributed by atoms with Crippen molar-refractivity contribution >= 4 is 78.1 Å². The molecule has 8 aromatic carbocycles. The van der Waals surface area contributed by atoms with E-state index in [9.17, 15) is 0 Å². The normalized spacial score (nSPS) is 19.0. The largest absolute Gasteiger partial charge is 0.365 e. The summed E-state index contributed by atoms with van der Waals surface area (Å²) in [6, 6.07) is 76.8. The van der Waals surface area contributed by atoms with Crippen LogP contribution in [0.4, 0.5) is 5.69 Å². The smallest absolute Gasteiger partial charge is 0.240 e. The maximum absolute atomic E-state index is 5.60. The van der Waals surface area contributed by atoms with Crippen LogP contribution < -0.4 is 25.6 Å². The van der Waals surface area contributed by atoms with Gasteiger partial charge in [-0.1, -0.05) is 176 Å². The topological polar surface area (TPSA) is 51.8 Å². The number of benzene rings is 8. The fourth-order valence-electron chi connectivity index (χ4n) is 13.1. The number of fused-ring (bicyclic) bond motifs is 6. The van der Waals surface area contributed by atoms with E-state index in [0.29, 0.717) is 29.8 Å². The summed E-state index contributed by atoms with van der Waals surface area (Å²) in [5.41, 5.74) is 6.59. The van der Waals surface area contributed by atoms with Crippen LogP contribution in [0.5, 0.6) is 0 Å². The molecular weight excluding hydrogens is 833 g/mol. The standard InChI is InChI=1S/C60H48N6Si/c1-4-18-46(19-5-1)67(47-20-6-2-7-21-47,48-22-8-3-9-23-48)49-24-16-17-42(38-49)58-61-59(65-54-28-13-10-25-50(54)51-26-11-14-29-55(51)65)63-60(62-58)66-56-30-15-12-27-52(56)53-32-31-43(39-57(53)66)64-44-34-40-33-41(36-44)37-45(64)35-40/h1-32,38-41,44-45H,33-37H2. The molecule has 7 heteroatoms. The molecule has 0 atom stereocenters. The van der Waals surface area contributed by atoms with Crippen molar-refractivity contribution in [2.45, 2.75) is 44.2 Å². The molecule has 0 N–H and O–H groups in total. The zero-order valence-corrected chi connectivity index (χ0v) is 38.2. The number of hydrogen-bond donors (Lipinski definition) is 0. The van der Waals surface area contributed by atoms with Crippen molar-refractivity contribution in [3.05, 3.63) is 206 Å². The number of hydrogen-bond acceptors (Lipinski definition) is 4. The van der Waals surface area contributed by atoms with Crippen molar-refractivity contribution in [3.8, 4) is 23.3 Å². The Morgan fingerprint density at radius 2 is 0.791 bits per heavy atom. The lowest BCUT2D eigenvalue weighted by atomic mass is 9.63. The molecule has 2 saturated carbocycles. The minimum Gasteiger partial charge on any atom is -0.365 e. The summed E-state index contributed by atoms with van der Waals surface area (Å²) in [5.74, 6) is 3.60. The summed E-state index contributed by atoms with van der Waals surface area (Å²) in [6.07, 6.45) is 6.69. The third-order valence-electron chi connectivity index (χ3n) is 15.6. The van der Waals surface area contributed by atoms with Gasteiger partial charge in [0, 0.05) is 44.9 Å². The average Bonchev–Trinajstić information content (AvgIpc) is 3.90. The molecular formula is C60H48N6Si. The van der Waals surface area contributed by atoms with Gasteiger partial charge in [0.2, 0.25) is 11.9 Å². The number of anilines is 1. The molecule has 4 fully saturated rings. The van der Waals surface area contributed by atoms with E-state index >= 15 is 0 Å². The molecule has 2 saturated heterocycles. The number of para-hydroxylation sites is 3. The van der Waals surface area contributed by atoms with E-state index < -0.39 is 8.07 Å². The number of rotatable bonds is 8. The van der Waals surface area contributed by atoms with Crippen LogP contribution in [0.2, 0.25) is 0 Å². The van der Waals surface area contributed by atoms with Crippen molar-refractivity contribution in [1.29, 1.82) is 0 Å². The molecule has 11 aromatic rings. The van der Waals surface area contributed by atoms with Crippen molar-refractivity contribution in [3.63, 3.8) is 0 Å². The monoisotopic (exact) mass is 880 g/mol. The molecule has 5 heterocycles. The van der Waals surface area contributed by atoms with Gasteiger partial charge in [-0.05, 0) is 95.0 Å². The predicted molar refractivity (Wildman–Crippen MR) is 278 cm³/mol. The number of nitrogens with zero attached hydrogens (tertiary/aromatic N) is 6. The lowest BCUT2D eigenvalue weighted by Gasteiger charge is -2.57. The minimum absolute atomic E-state index is 0.590. The first-order chi connectivity index (χ1) is 33.2. The van der Waals surface area contributed by atoms with Gasteiger partial charge < -0.3 is 4.90 Å². The van der Waals surface area contributed by atoms with Crippen LogP contribution in [0.1, 0.15) is 32.1 Å². The van der Waals surface area contributed by atoms with E-state index in [4.69, 9.17) is 15.0 Å². The van der Waals surface area contributed by atoms with E-state index in [-0.39, 0.29) is 0 Å². The zero-order chi connectivity index (χ0) is 44.1. The highest BCUT2D eigenvalue weighted by molar-refractivity contribution is 7.19. The fraction of sp³-hybridized carbons (Fsp3) is 0.150. The second-order valence-corrected chi connectivity index (χ2v) is 23.0. The summed E-state index contributed by atoms with van der Waals surface area (Å²) >= 11 is 0. The second-order valence-electron chi connectivity index (χ2n) is 19.2. The van der Waals surface area contributed by atoms with Gasteiger partial charge in [-0.2, -0.15) is 15.0 Å². The highest BCUT2D eigenvalue weighted by Crippen LogP contribution is 2.51. The summed E-state index contributed by atoms with van der Waals surface area (Å²) in [7, 11) is -2.86. The van der Waals surface area contributed by atoms with Gasteiger partial charge in [-0.25, -0.2) is 0 Å². The third kappa shape index (κ3) is 5.97. The Morgan fingerprint density at radius 1 is 0.358 bits per heavy atom. The first-order valence-corrected chi connectivity index (χ1v) is 26.0. The van der Waals surface area contributed by atoms with Gasteiger partial charge in [0.05, 0.1) is 22.1 Å². The minimum atomic E-state index is -2.86. The Kier molecular flexibility index (Phi) is 8.78. The summed E-state index contributed by atoms with van der Waals surface area (Å²) < 4.78 is 4.55. The molecule has 2 aliphatic heterocycles. The SMILES string of the molecule is c1ccc([Si](c2ccccc2)(c2ccccc2)c2cccc(-c3nc(-n4c5ccccc5c5ccccc54)nc(-n4c5ccccc5c5ccc(N6C7CC8CC(C7)CC6C8)cc54)n3)c2)cc1. The fourth-order valence-corrected chi connectivity index (χ4v) is 17.9. The van der Waals surface area contributed by atoms with Crippen LogP contribution in [-0.4, -0.2) is 44.2 Å². The number of aromatic nitrogens is 5. The highest BCUT2D eigenvalue weighted by atomic mass is 28.3. The van der Waals surface area contributed by atoms with Crippen LogP contribution in [0.15, 0.2) is 206 Å². The summed E-state index contributed by atoms with van der Waals surface area (Å²) in [4.78, 5) is 19.5. The zero-order valence-electron chi connectivity index (χ0n) is 37.2. The van der Waals surface area contributed by atoms with Crippen molar-refractivity contribution in [2.75, 3.05) is 4.90 Å². The Morgan fingerprint density at radius 3 is 1.30 bits per heavy atom. The lowest BCUT2D eigenvalue weighted by Crippen LogP contribution is -2.74. The molecule has 6 nitrogen and oxygen atoms in total. The molecule has 4 aliphatic rings. The highest BCUT2D eigenvalue weighted by Gasteiger charge is 2.47. The summed E-state index contributed by atoms with van der Waals surface area (Å²) in [5, 5.41) is 9.96. The van der Waals surface area contributed by atoms with Crippen molar-refractivity contribution < 1.29 is 0 Å². The van der Waals surface area contributed by atoms with Gasteiger partial charge in [-0.3, -0.25) is 9.13 Å². The Hall–Kier alpha value is -7.61. The molecule has 322 valence electrons. The molecule has 15 rings (SSSR count). The van der Waals surface area contributed by atoms with Crippen LogP contribution >= 0.6 is 0 Å². The molecule has 0 spiro atoms. The predicted octanol–water partition coefficient (Wildman–Crippen LogP) is 10.9. The van der Waals surface area contributed by atoms with Crippen LogP contribution in [0.3, 0.4) is 0 Å². The molecule has 0 amide bonds. The van der Waals surface area contributed by atoms with Gasteiger partial charge in [-0.15, -0.1) is 0 Å². The third-order valence-corrected chi connectivity index (χ3v) is 20.4. The molecule has 4 bridgehead atoms. The molecule has 67 heavy (non-hydrogen) atoms. The van der Waals surface area contributed by atoms with Crippen LogP contribution in [-0.2, 0) is 0 Å². The lowest BCUT2D eigenvalue weighted by molar-refractivity contribution is 0.0900. The maximum atomic E-state index is 5.60. The molecule has 0 radical (unpaired) electrons. The van der Waals surface area contributed by atoms with Crippen molar-refractivity contribution in [1.82, 2.24) is 24.1 Å². The van der Waals surface area contributed by atoms with E-state index in [1.807, 2.05) is 0 Å². The maximum Gasteiger partial charge on any atom is 0.240 e. The summed E-state index contributed by atoms with van der Waals surface area (Å²) in [6.45, 7) is 0. The molecule has 3 aromatic heterocycles. The van der Waals surface area contributed by atoms with Gasteiger partial charge in [0.25, 0.3) is 0 Å².